The van der Waals surface area contributed by atoms with E-state index in [0.29, 0.717) is 0 Å². The van der Waals surface area contributed by atoms with Crippen molar-refractivity contribution in [2.24, 2.45) is 0 Å². The highest BCUT2D eigenvalue weighted by Crippen LogP contribution is 2.31. The summed E-state index contributed by atoms with van der Waals surface area (Å²) in [4.78, 5) is 14.3. The number of hydrogen-bond acceptors (Lipinski definition) is 6. The molecule has 128 valence electrons. The second-order valence-corrected chi connectivity index (χ2v) is 8.66. The summed E-state index contributed by atoms with van der Waals surface area (Å²) in [6, 6.07) is 6.23. The average molecular weight is 363 g/mol. The van der Waals surface area contributed by atoms with Gasteiger partial charge in [-0.1, -0.05) is 29.2 Å². The van der Waals surface area contributed by atoms with Crippen molar-refractivity contribution in [3.8, 4) is 0 Å². The Morgan fingerprint density at radius 1 is 1.25 bits per heavy atom. The molecule has 0 unspecified atom stereocenters. The van der Waals surface area contributed by atoms with Crippen molar-refractivity contribution < 1.29 is 4.79 Å². The summed E-state index contributed by atoms with van der Waals surface area (Å²) >= 11 is 2.97. The Morgan fingerprint density at radius 2 is 2.00 bits per heavy atom. The molecule has 0 saturated carbocycles. The van der Waals surface area contributed by atoms with Gasteiger partial charge in [-0.3, -0.25) is 4.79 Å². The fraction of sp³-hybridized carbons (Fsp3) is 0.471. The number of rotatable bonds is 5. The summed E-state index contributed by atoms with van der Waals surface area (Å²) in [5.74, 6) is 0.205. The van der Waals surface area contributed by atoms with Gasteiger partial charge in [-0.05, 0) is 56.9 Å². The third kappa shape index (κ3) is 4.08. The normalized spacial score (nSPS) is 15.5. The number of aromatic nitrogens is 2. The molecule has 2 aromatic rings. The second kappa shape index (κ2) is 7.53. The van der Waals surface area contributed by atoms with Gasteiger partial charge in [0.05, 0.1) is 5.25 Å². The van der Waals surface area contributed by atoms with Crippen LogP contribution in [0.1, 0.15) is 30.9 Å². The predicted molar refractivity (Wildman–Crippen MR) is 100 cm³/mol. The molecule has 1 fully saturated rings. The summed E-state index contributed by atoms with van der Waals surface area (Å²) in [6.45, 7) is 7.91. The molecular weight excluding hydrogens is 340 g/mol. The molecule has 24 heavy (non-hydrogen) atoms. The smallest absolute Gasteiger partial charge is 0.235 e. The summed E-state index contributed by atoms with van der Waals surface area (Å²) in [6.07, 6.45) is 2.23. The van der Waals surface area contributed by atoms with Crippen LogP contribution in [0.4, 0.5) is 10.8 Å². The molecule has 1 saturated heterocycles. The molecular formula is C17H22N4OS2. The molecule has 1 aromatic carbocycles. The first-order chi connectivity index (χ1) is 11.5. The van der Waals surface area contributed by atoms with Gasteiger partial charge in [0.2, 0.25) is 11.0 Å². The largest absolute Gasteiger partial charge is 0.342 e. The fourth-order valence-electron chi connectivity index (χ4n) is 2.65. The number of hydrogen-bond donors (Lipinski definition) is 1. The number of nitrogens with zero attached hydrogens (tertiary/aromatic N) is 3. The molecule has 1 N–H and O–H groups in total. The van der Waals surface area contributed by atoms with Gasteiger partial charge in [0, 0.05) is 18.8 Å². The maximum Gasteiger partial charge on any atom is 0.235 e. The molecule has 1 aliphatic rings. The summed E-state index contributed by atoms with van der Waals surface area (Å²) in [5, 5.41) is 12.3. The summed E-state index contributed by atoms with van der Waals surface area (Å²) in [5.41, 5.74) is 3.51. The number of carbonyl (C=O) groups is 1. The highest BCUT2D eigenvalue weighted by atomic mass is 32.2. The van der Waals surface area contributed by atoms with Gasteiger partial charge < -0.3 is 10.2 Å². The lowest BCUT2D eigenvalue weighted by Gasteiger charge is -2.18. The van der Waals surface area contributed by atoms with Gasteiger partial charge in [0.15, 0.2) is 4.34 Å². The molecule has 7 heteroatoms. The van der Waals surface area contributed by atoms with E-state index in [9.17, 15) is 4.79 Å². The van der Waals surface area contributed by atoms with Gasteiger partial charge >= 0.3 is 0 Å². The first-order valence-corrected chi connectivity index (χ1v) is 9.86. The Labute approximate surface area is 150 Å². The van der Waals surface area contributed by atoms with Crippen molar-refractivity contribution in [3.63, 3.8) is 0 Å². The Bertz CT molecular complexity index is 725. The van der Waals surface area contributed by atoms with Gasteiger partial charge in [0.25, 0.3) is 0 Å². The van der Waals surface area contributed by atoms with E-state index < -0.39 is 0 Å². The maximum absolute atomic E-state index is 12.4. The summed E-state index contributed by atoms with van der Waals surface area (Å²) in [7, 11) is 0. The van der Waals surface area contributed by atoms with Crippen LogP contribution >= 0.6 is 23.1 Å². The van der Waals surface area contributed by atoms with Crippen LogP contribution in [0, 0.1) is 13.8 Å². The van der Waals surface area contributed by atoms with Crippen LogP contribution in [0.3, 0.4) is 0 Å². The lowest BCUT2D eigenvalue weighted by Crippen LogP contribution is -2.33. The molecule has 0 radical (unpaired) electrons. The van der Waals surface area contributed by atoms with Gasteiger partial charge in [-0.2, -0.15) is 0 Å². The Hall–Kier alpha value is -1.60. The number of likely N-dealkylation sites (tertiary alicyclic amines) is 1. The van der Waals surface area contributed by atoms with Crippen LogP contribution in [0.15, 0.2) is 22.5 Å². The molecule has 5 nitrogen and oxygen atoms in total. The van der Waals surface area contributed by atoms with Crippen LogP contribution in [0.5, 0.6) is 0 Å². The number of nitrogens with one attached hydrogen (secondary N) is 1. The van der Waals surface area contributed by atoms with E-state index in [1.165, 1.54) is 34.2 Å². The monoisotopic (exact) mass is 362 g/mol. The van der Waals surface area contributed by atoms with E-state index in [0.717, 1.165) is 41.1 Å². The van der Waals surface area contributed by atoms with E-state index in [2.05, 4.69) is 41.5 Å². The van der Waals surface area contributed by atoms with Crippen LogP contribution in [-0.2, 0) is 4.79 Å². The highest BCUT2D eigenvalue weighted by molar-refractivity contribution is 8.02. The van der Waals surface area contributed by atoms with Crippen LogP contribution in [0.2, 0.25) is 0 Å². The molecule has 1 aromatic heterocycles. The molecule has 0 spiro atoms. The van der Waals surface area contributed by atoms with Gasteiger partial charge in [-0.25, -0.2) is 0 Å². The first-order valence-electron chi connectivity index (χ1n) is 8.16. The molecule has 3 rings (SSSR count). The lowest BCUT2D eigenvalue weighted by molar-refractivity contribution is -0.129. The molecule has 2 heterocycles. The molecule has 1 amide bonds. The highest BCUT2D eigenvalue weighted by Gasteiger charge is 2.25. The number of amides is 1. The van der Waals surface area contributed by atoms with Crippen LogP contribution < -0.4 is 5.32 Å². The predicted octanol–water partition coefficient (Wildman–Crippen LogP) is 4.00. The number of benzene rings is 1. The van der Waals surface area contributed by atoms with Crippen molar-refractivity contribution in [2.45, 2.75) is 43.2 Å². The Kier molecular flexibility index (Phi) is 5.40. The molecule has 0 aliphatic carbocycles. The lowest BCUT2D eigenvalue weighted by atomic mass is 10.1. The van der Waals surface area contributed by atoms with Crippen molar-refractivity contribution in [3.05, 3.63) is 29.3 Å². The minimum atomic E-state index is -0.120. The Balaban J connectivity index is 1.60. The van der Waals surface area contributed by atoms with Crippen LogP contribution in [-0.4, -0.2) is 39.3 Å². The summed E-state index contributed by atoms with van der Waals surface area (Å²) < 4.78 is 0.821. The maximum atomic E-state index is 12.4. The van der Waals surface area contributed by atoms with Crippen molar-refractivity contribution >= 4 is 39.8 Å². The standard InChI is InChI=1S/C17H22N4OS2/c1-11-6-7-14(10-12(11)2)18-16-19-20-17(24-16)23-13(3)15(22)21-8-4-5-9-21/h6-7,10,13H,4-5,8-9H2,1-3H3,(H,18,19)/t13-/m0/s1. The number of carbonyl (C=O) groups excluding carboxylic acids is 1. The van der Waals surface area contributed by atoms with E-state index in [1.807, 2.05) is 17.9 Å². The zero-order valence-corrected chi connectivity index (χ0v) is 15.8. The molecule has 0 bridgehead atoms. The quantitative estimate of drug-likeness (QED) is 0.815. The average Bonchev–Trinajstić information content (AvgIpc) is 3.22. The minimum Gasteiger partial charge on any atom is -0.342 e. The SMILES string of the molecule is Cc1ccc(Nc2nnc(S[C@@H](C)C(=O)N3CCCC3)s2)cc1C. The van der Waals surface area contributed by atoms with E-state index in [4.69, 9.17) is 0 Å². The molecule has 1 aliphatic heterocycles. The molecule has 1 atom stereocenters. The first kappa shape index (κ1) is 17.2. The van der Waals surface area contributed by atoms with Gasteiger partial charge in [0.1, 0.15) is 0 Å². The zero-order valence-electron chi connectivity index (χ0n) is 14.2. The second-order valence-electron chi connectivity index (χ2n) is 6.09. The topological polar surface area (TPSA) is 58.1 Å². The minimum absolute atomic E-state index is 0.120. The number of anilines is 2. The third-order valence-electron chi connectivity index (χ3n) is 4.21. The Morgan fingerprint density at radius 3 is 2.71 bits per heavy atom. The van der Waals surface area contributed by atoms with Crippen molar-refractivity contribution in [2.75, 3.05) is 18.4 Å². The van der Waals surface area contributed by atoms with Gasteiger partial charge in [-0.15, -0.1) is 10.2 Å². The van der Waals surface area contributed by atoms with E-state index in [-0.39, 0.29) is 11.2 Å². The fourth-order valence-corrected chi connectivity index (χ4v) is 4.65. The van der Waals surface area contributed by atoms with Crippen LogP contribution in [0.25, 0.3) is 0 Å². The zero-order chi connectivity index (χ0) is 17.1. The van der Waals surface area contributed by atoms with E-state index >= 15 is 0 Å². The van der Waals surface area contributed by atoms with Crippen molar-refractivity contribution in [1.82, 2.24) is 15.1 Å². The van der Waals surface area contributed by atoms with Crippen molar-refractivity contribution in [1.29, 1.82) is 0 Å². The van der Waals surface area contributed by atoms with E-state index in [1.54, 1.807) is 0 Å². The number of thioether (sulfide) groups is 1. The number of aryl methyl sites for hydroxylation is 2. The third-order valence-corrected chi connectivity index (χ3v) is 6.22.